The molecule has 0 unspecified atom stereocenters. The Balaban J connectivity index is 2.01. The first-order valence-corrected chi connectivity index (χ1v) is 7.75. The maximum absolute atomic E-state index is 12.6. The molecule has 0 saturated heterocycles. The zero-order chi connectivity index (χ0) is 16.6. The number of carbonyl (C=O) groups is 1. The summed E-state index contributed by atoms with van der Waals surface area (Å²) in [7, 11) is 0. The van der Waals surface area contributed by atoms with Crippen molar-refractivity contribution in [3.8, 4) is 0 Å². The van der Waals surface area contributed by atoms with Gasteiger partial charge in [-0.3, -0.25) is 4.79 Å². The summed E-state index contributed by atoms with van der Waals surface area (Å²) >= 11 is 5.86. The minimum atomic E-state index is -0.189. The number of amides is 1. The van der Waals surface area contributed by atoms with Crippen LogP contribution < -0.4 is 5.32 Å². The van der Waals surface area contributed by atoms with Crippen LogP contribution in [-0.2, 0) is 0 Å². The molecular formula is C17H17ClN4O. The third kappa shape index (κ3) is 3.05. The summed E-state index contributed by atoms with van der Waals surface area (Å²) in [6, 6.07) is 8.96. The Morgan fingerprint density at radius 2 is 1.96 bits per heavy atom. The van der Waals surface area contributed by atoms with Gasteiger partial charge in [-0.05, 0) is 51.1 Å². The predicted octanol–water partition coefficient (Wildman–Crippen LogP) is 4.23. The summed E-state index contributed by atoms with van der Waals surface area (Å²) in [5.41, 5.74) is 2.76. The zero-order valence-electron chi connectivity index (χ0n) is 13.2. The van der Waals surface area contributed by atoms with Crippen LogP contribution in [-0.4, -0.2) is 20.7 Å². The van der Waals surface area contributed by atoms with E-state index in [0.29, 0.717) is 16.3 Å². The Hall–Kier alpha value is -2.40. The number of fused-ring (bicyclic) bond motifs is 1. The van der Waals surface area contributed by atoms with E-state index < -0.39 is 0 Å². The Morgan fingerprint density at radius 3 is 2.61 bits per heavy atom. The lowest BCUT2D eigenvalue weighted by molar-refractivity contribution is 0.102. The van der Waals surface area contributed by atoms with Gasteiger partial charge in [-0.25, -0.2) is 9.67 Å². The number of nitrogens with zero attached hydrogens (tertiary/aromatic N) is 3. The van der Waals surface area contributed by atoms with E-state index in [1.165, 1.54) is 0 Å². The lowest BCUT2D eigenvalue weighted by Gasteiger charge is -2.09. The fourth-order valence-corrected chi connectivity index (χ4v) is 2.57. The van der Waals surface area contributed by atoms with E-state index in [1.807, 2.05) is 25.5 Å². The number of pyridine rings is 1. The first-order chi connectivity index (χ1) is 11.0. The number of benzene rings is 1. The Bertz CT molecular complexity index is 868. The van der Waals surface area contributed by atoms with E-state index in [-0.39, 0.29) is 11.9 Å². The van der Waals surface area contributed by atoms with E-state index in [0.717, 1.165) is 16.7 Å². The lowest BCUT2D eigenvalue weighted by Crippen LogP contribution is -2.13. The van der Waals surface area contributed by atoms with Crippen LogP contribution in [0.15, 0.2) is 36.5 Å². The normalized spacial score (nSPS) is 11.2. The van der Waals surface area contributed by atoms with Gasteiger partial charge in [0.1, 0.15) is 0 Å². The molecule has 6 heteroatoms. The van der Waals surface area contributed by atoms with Crippen molar-refractivity contribution in [1.82, 2.24) is 14.8 Å². The average Bonchev–Trinajstić information content (AvgIpc) is 2.92. The van der Waals surface area contributed by atoms with Gasteiger partial charge in [0.2, 0.25) is 0 Å². The highest BCUT2D eigenvalue weighted by Crippen LogP contribution is 2.22. The summed E-state index contributed by atoms with van der Waals surface area (Å²) in [5.74, 6) is -0.189. The van der Waals surface area contributed by atoms with Crippen molar-refractivity contribution < 1.29 is 4.79 Å². The first kappa shape index (κ1) is 15.5. The maximum Gasteiger partial charge on any atom is 0.256 e. The first-order valence-electron chi connectivity index (χ1n) is 7.37. The molecule has 0 radical (unpaired) electrons. The monoisotopic (exact) mass is 328 g/mol. The molecule has 3 rings (SSSR count). The quantitative estimate of drug-likeness (QED) is 0.782. The number of halogens is 1. The van der Waals surface area contributed by atoms with Gasteiger partial charge in [-0.1, -0.05) is 11.6 Å². The summed E-state index contributed by atoms with van der Waals surface area (Å²) in [5, 5.41) is 8.61. The van der Waals surface area contributed by atoms with Crippen LogP contribution in [0.4, 0.5) is 5.69 Å². The fraction of sp³-hybridized carbons (Fsp3) is 0.235. The summed E-state index contributed by atoms with van der Waals surface area (Å²) in [6.07, 6.45) is 1.69. The maximum atomic E-state index is 12.6. The standard InChI is InChI=1S/C17H17ClN4O/c1-10(2)22-16-15(9-19-22)14(8-11(3)20-16)17(23)21-13-6-4-12(18)5-7-13/h4-10H,1-3H3,(H,21,23). The molecule has 0 aliphatic heterocycles. The molecule has 0 fully saturated rings. The number of hydrogen-bond acceptors (Lipinski definition) is 3. The Kier molecular flexibility index (Phi) is 4.05. The van der Waals surface area contributed by atoms with E-state index in [2.05, 4.69) is 15.4 Å². The molecule has 0 aliphatic rings. The Labute approximate surface area is 139 Å². The smallest absolute Gasteiger partial charge is 0.256 e. The van der Waals surface area contributed by atoms with Gasteiger partial charge in [-0.2, -0.15) is 5.10 Å². The van der Waals surface area contributed by atoms with Crippen molar-refractivity contribution in [1.29, 1.82) is 0 Å². The molecule has 0 spiro atoms. The van der Waals surface area contributed by atoms with Gasteiger partial charge in [0.05, 0.1) is 17.1 Å². The number of nitrogens with one attached hydrogen (secondary N) is 1. The van der Waals surface area contributed by atoms with Gasteiger partial charge in [0.25, 0.3) is 5.91 Å². The third-order valence-electron chi connectivity index (χ3n) is 3.53. The highest BCUT2D eigenvalue weighted by molar-refractivity contribution is 6.30. The summed E-state index contributed by atoms with van der Waals surface area (Å²) in [4.78, 5) is 17.2. The van der Waals surface area contributed by atoms with Crippen molar-refractivity contribution in [2.75, 3.05) is 5.32 Å². The van der Waals surface area contributed by atoms with Crippen LogP contribution in [0.1, 0.15) is 35.9 Å². The molecule has 0 bridgehead atoms. The predicted molar refractivity (Wildman–Crippen MR) is 92.1 cm³/mol. The van der Waals surface area contributed by atoms with E-state index in [9.17, 15) is 4.79 Å². The fourth-order valence-electron chi connectivity index (χ4n) is 2.44. The van der Waals surface area contributed by atoms with Crippen molar-refractivity contribution in [3.63, 3.8) is 0 Å². The number of carbonyl (C=O) groups excluding carboxylic acids is 1. The number of anilines is 1. The SMILES string of the molecule is Cc1cc(C(=O)Nc2ccc(Cl)cc2)c2cnn(C(C)C)c2n1. The van der Waals surface area contributed by atoms with Gasteiger partial charge < -0.3 is 5.32 Å². The molecule has 1 aromatic carbocycles. The van der Waals surface area contributed by atoms with Crippen LogP contribution in [0.3, 0.4) is 0 Å². The average molecular weight is 329 g/mol. The van der Waals surface area contributed by atoms with Gasteiger partial charge in [-0.15, -0.1) is 0 Å². The molecule has 0 aliphatic carbocycles. The number of aryl methyl sites for hydroxylation is 1. The molecular weight excluding hydrogens is 312 g/mol. The molecule has 118 valence electrons. The van der Waals surface area contributed by atoms with E-state index in [4.69, 9.17) is 11.6 Å². The van der Waals surface area contributed by atoms with Crippen molar-refractivity contribution in [2.45, 2.75) is 26.8 Å². The van der Waals surface area contributed by atoms with Gasteiger partial charge in [0.15, 0.2) is 5.65 Å². The van der Waals surface area contributed by atoms with Crippen LogP contribution in [0.2, 0.25) is 5.02 Å². The summed E-state index contributed by atoms with van der Waals surface area (Å²) < 4.78 is 1.82. The van der Waals surface area contributed by atoms with Crippen molar-refractivity contribution in [2.24, 2.45) is 0 Å². The molecule has 23 heavy (non-hydrogen) atoms. The minimum Gasteiger partial charge on any atom is -0.322 e. The number of rotatable bonds is 3. The molecule has 1 N–H and O–H groups in total. The highest BCUT2D eigenvalue weighted by atomic mass is 35.5. The van der Waals surface area contributed by atoms with Crippen molar-refractivity contribution in [3.05, 3.63) is 52.8 Å². The molecule has 2 heterocycles. The minimum absolute atomic E-state index is 0.175. The van der Waals surface area contributed by atoms with Gasteiger partial charge in [0, 0.05) is 22.4 Å². The molecule has 0 saturated carbocycles. The van der Waals surface area contributed by atoms with Crippen LogP contribution in [0.25, 0.3) is 11.0 Å². The second-order valence-electron chi connectivity index (χ2n) is 5.69. The second kappa shape index (κ2) is 6.01. The number of hydrogen-bond donors (Lipinski definition) is 1. The van der Waals surface area contributed by atoms with Crippen LogP contribution in [0.5, 0.6) is 0 Å². The van der Waals surface area contributed by atoms with E-state index >= 15 is 0 Å². The third-order valence-corrected chi connectivity index (χ3v) is 3.78. The molecule has 5 nitrogen and oxygen atoms in total. The second-order valence-corrected chi connectivity index (χ2v) is 6.13. The highest BCUT2D eigenvalue weighted by Gasteiger charge is 2.17. The number of aromatic nitrogens is 3. The largest absolute Gasteiger partial charge is 0.322 e. The van der Waals surface area contributed by atoms with Gasteiger partial charge >= 0.3 is 0 Å². The van der Waals surface area contributed by atoms with Crippen LogP contribution in [0, 0.1) is 6.92 Å². The summed E-state index contributed by atoms with van der Waals surface area (Å²) in [6.45, 7) is 5.93. The molecule has 0 atom stereocenters. The van der Waals surface area contributed by atoms with E-state index in [1.54, 1.807) is 36.5 Å². The Morgan fingerprint density at radius 1 is 1.26 bits per heavy atom. The topological polar surface area (TPSA) is 59.8 Å². The lowest BCUT2D eigenvalue weighted by atomic mass is 10.1. The molecule has 2 aromatic heterocycles. The molecule has 3 aromatic rings. The molecule has 1 amide bonds. The van der Waals surface area contributed by atoms with Crippen LogP contribution >= 0.6 is 11.6 Å². The van der Waals surface area contributed by atoms with Crippen molar-refractivity contribution >= 4 is 34.2 Å². The zero-order valence-corrected chi connectivity index (χ0v) is 13.9.